The first-order valence-electron chi connectivity index (χ1n) is 5.55. The Hall–Kier alpha value is -0.910. The summed E-state index contributed by atoms with van der Waals surface area (Å²) in [6.45, 7) is 0.317. The number of carbonyl (C=O) groups excluding carboxylic acids is 1. The summed E-state index contributed by atoms with van der Waals surface area (Å²) in [4.78, 5) is 11.7. The molecule has 92 valence electrons. The summed E-state index contributed by atoms with van der Waals surface area (Å²) in [5.74, 6) is -0.100. The molecule has 1 fully saturated rings. The molecule has 3 N–H and O–H groups in total. The molecule has 1 saturated carbocycles. The lowest BCUT2D eigenvalue weighted by molar-refractivity contribution is -0.115. The molecule has 0 aromatic heterocycles. The molecule has 0 radical (unpaired) electrons. The minimum atomic E-state index is -0.203. The van der Waals surface area contributed by atoms with E-state index in [0.717, 1.165) is 23.0 Å². The van der Waals surface area contributed by atoms with E-state index in [1.165, 1.54) is 0 Å². The number of benzene rings is 1. The van der Waals surface area contributed by atoms with E-state index in [1.54, 1.807) is 0 Å². The smallest absolute Gasteiger partial charge is 0.238 e. The molecule has 0 saturated heterocycles. The number of halogens is 1. The van der Waals surface area contributed by atoms with Crippen molar-refractivity contribution >= 4 is 27.5 Å². The van der Waals surface area contributed by atoms with Crippen LogP contribution < -0.4 is 10.6 Å². The van der Waals surface area contributed by atoms with Crippen LogP contribution in [0, 0.1) is 0 Å². The van der Waals surface area contributed by atoms with Crippen molar-refractivity contribution in [2.24, 2.45) is 0 Å². The summed E-state index contributed by atoms with van der Waals surface area (Å²) in [7, 11) is 0. The molecule has 0 aliphatic heterocycles. The molecular weight excluding hydrogens is 284 g/mol. The average Bonchev–Trinajstić information content (AvgIpc) is 3.10. The Kier molecular flexibility index (Phi) is 3.81. The highest BCUT2D eigenvalue weighted by Gasteiger charge is 2.41. The van der Waals surface area contributed by atoms with Gasteiger partial charge in [0.1, 0.15) is 0 Å². The normalized spacial score (nSPS) is 16.6. The lowest BCUT2D eigenvalue weighted by Gasteiger charge is -2.14. The largest absolute Gasteiger partial charge is 0.394 e. The van der Waals surface area contributed by atoms with E-state index in [9.17, 15) is 4.79 Å². The van der Waals surface area contributed by atoms with E-state index < -0.39 is 0 Å². The average molecular weight is 299 g/mol. The van der Waals surface area contributed by atoms with E-state index in [0.29, 0.717) is 0 Å². The van der Waals surface area contributed by atoms with Crippen LogP contribution in [0.25, 0.3) is 0 Å². The van der Waals surface area contributed by atoms with Gasteiger partial charge in [0.15, 0.2) is 0 Å². The number of carbonyl (C=O) groups is 1. The Morgan fingerprint density at radius 3 is 2.71 bits per heavy atom. The van der Waals surface area contributed by atoms with Crippen LogP contribution >= 0.6 is 15.9 Å². The van der Waals surface area contributed by atoms with E-state index in [4.69, 9.17) is 5.11 Å². The molecule has 0 unspecified atom stereocenters. The van der Waals surface area contributed by atoms with Crippen LogP contribution in [0.1, 0.15) is 12.8 Å². The fourth-order valence-corrected chi connectivity index (χ4v) is 1.95. The van der Waals surface area contributed by atoms with Gasteiger partial charge in [0.2, 0.25) is 5.91 Å². The van der Waals surface area contributed by atoms with Crippen LogP contribution in [0.15, 0.2) is 28.7 Å². The van der Waals surface area contributed by atoms with Gasteiger partial charge in [-0.1, -0.05) is 12.1 Å². The predicted molar refractivity (Wildman–Crippen MR) is 69.8 cm³/mol. The summed E-state index contributed by atoms with van der Waals surface area (Å²) in [6, 6.07) is 7.47. The topological polar surface area (TPSA) is 61.4 Å². The van der Waals surface area contributed by atoms with Gasteiger partial charge in [0.25, 0.3) is 0 Å². The quantitative estimate of drug-likeness (QED) is 0.772. The first kappa shape index (κ1) is 12.5. The van der Waals surface area contributed by atoms with Crippen LogP contribution in [0.2, 0.25) is 0 Å². The first-order valence-corrected chi connectivity index (χ1v) is 6.35. The van der Waals surface area contributed by atoms with Gasteiger partial charge >= 0.3 is 0 Å². The molecule has 17 heavy (non-hydrogen) atoms. The van der Waals surface area contributed by atoms with Crippen LogP contribution in [0.3, 0.4) is 0 Å². The van der Waals surface area contributed by atoms with Crippen molar-refractivity contribution < 1.29 is 9.90 Å². The van der Waals surface area contributed by atoms with E-state index in [-0.39, 0.29) is 24.6 Å². The number of aliphatic hydroxyl groups is 1. The zero-order chi connectivity index (χ0) is 12.3. The number of aliphatic hydroxyl groups excluding tert-OH is 1. The molecule has 0 spiro atoms. The second-order valence-electron chi connectivity index (χ2n) is 4.32. The number of nitrogens with one attached hydrogen (secondary N) is 2. The van der Waals surface area contributed by atoms with Gasteiger partial charge in [-0.2, -0.15) is 0 Å². The molecule has 1 aromatic carbocycles. The molecule has 1 aromatic rings. The van der Waals surface area contributed by atoms with E-state index in [1.807, 2.05) is 24.3 Å². The third-order valence-electron chi connectivity index (χ3n) is 2.93. The number of rotatable bonds is 5. The Labute approximate surface area is 109 Å². The lowest BCUT2D eigenvalue weighted by Crippen LogP contribution is -2.40. The summed E-state index contributed by atoms with van der Waals surface area (Å²) < 4.78 is 0.858. The maximum atomic E-state index is 11.7. The number of anilines is 1. The number of hydrogen-bond acceptors (Lipinski definition) is 3. The Morgan fingerprint density at radius 2 is 2.12 bits per heavy atom. The molecule has 1 aliphatic carbocycles. The minimum absolute atomic E-state index is 0.0926. The fourth-order valence-electron chi connectivity index (χ4n) is 1.57. The summed E-state index contributed by atoms with van der Waals surface area (Å²) in [6.07, 6.45) is 1.87. The summed E-state index contributed by atoms with van der Waals surface area (Å²) in [5.41, 5.74) is 0.554. The predicted octanol–water partition coefficient (Wildman–Crippen LogP) is 1.50. The van der Waals surface area contributed by atoms with Crippen LogP contribution in [0.5, 0.6) is 0 Å². The van der Waals surface area contributed by atoms with Crippen molar-refractivity contribution in [1.82, 2.24) is 5.32 Å². The Bertz CT molecular complexity index is 419. The van der Waals surface area contributed by atoms with Crippen molar-refractivity contribution in [2.45, 2.75) is 18.4 Å². The molecule has 1 amide bonds. The van der Waals surface area contributed by atoms with Gasteiger partial charge in [-0.3, -0.25) is 4.79 Å². The summed E-state index contributed by atoms with van der Waals surface area (Å²) in [5, 5.41) is 15.0. The molecular formula is C12H15BrN2O2. The number of para-hydroxylation sites is 1. The zero-order valence-corrected chi connectivity index (χ0v) is 11.0. The van der Waals surface area contributed by atoms with Crippen molar-refractivity contribution in [3.8, 4) is 0 Å². The van der Waals surface area contributed by atoms with E-state index >= 15 is 0 Å². The third kappa shape index (κ3) is 3.28. The molecule has 2 rings (SSSR count). The number of hydrogen-bond donors (Lipinski definition) is 3. The van der Waals surface area contributed by atoms with Gasteiger partial charge in [0.05, 0.1) is 18.8 Å². The Morgan fingerprint density at radius 1 is 1.41 bits per heavy atom. The highest BCUT2D eigenvalue weighted by molar-refractivity contribution is 9.10. The lowest BCUT2D eigenvalue weighted by atomic mass is 10.3. The van der Waals surface area contributed by atoms with Gasteiger partial charge in [-0.25, -0.2) is 0 Å². The summed E-state index contributed by atoms with van der Waals surface area (Å²) >= 11 is 3.37. The minimum Gasteiger partial charge on any atom is -0.394 e. The molecule has 0 heterocycles. The highest BCUT2D eigenvalue weighted by Crippen LogP contribution is 2.34. The van der Waals surface area contributed by atoms with Crippen molar-refractivity contribution in [2.75, 3.05) is 18.5 Å². The van der Waals surface area contributed by atoms with E-state index in [2.05, 4.69) is 26.6 Å². The standard InChI is InChI=1S/C12H15BrN2O2/c13-9-3-1-2-4-10(9)15-11(17)7-14-12(8-16)5-6-12/h1-4,14,16H,5-8H2,(H,15,17). The molecule has 1 aliphatic rings. The molecule has 0 bridgehead atoms. The molecule has 4 nitrogen and oxygen atoms in total. The maximum absolute atomic E-state index is 11.7. The van der Waals surface area contributed by atoms with Crippen LogP contribution in [-0.4, -0.2) is 29.7 Å². The third-order valence-corrected chi connectivity index (χ3v) is 3.62. The van der Waals surface area contributed by atoms with Crippen molar-refractivity contribution in [3.05, 3.63) is 28.7 Å². The van der Waals surface area contributed by atoms with Gasteiger partial charge in [-0.15, -0.1) is 0 Å². The Balaban J connectivity index is 1.83. The van der Waals surface area contributed by atoms with Crippen molar-refractivity contribution in [1.29, 1.82) is 0 Å². The monoisotopic (exact) mass is 298 g/mol. The van der Waals surface area contributed by atoms with Crippen LogP contribution in [0.4, 0.5) is 5.69 Å². The van der Waals surface area contributed by atoms with Crippen LogP contribution in [-0.2, 0) is 4.79 Å². The van der Waals surface area contributed by atoms with Gasteiger partial charge in [0, 0.05) is 10.0 Å². The molecule has 0 atom stereocenters. The molecule has 5 heteroatoms. The zero-order valence-electron chi connectivity index (χ0n) is 9.37. The maximum Gasteiger partial charge on any atom is 0.238 e. The van der Waals surface area contributed by atoms with Gasteiger partial charge < -0.3 is 15.7 Å². The SMILES string of the molecule is O=C(CNC1(CO)CC1)Nc1ccccc1Br. The first-order chi connectivity index (χ1) is 8.15. The van der Waals surface area contributed by atoms with Crippen molar-refractivity contribution in [3.63, 3.8) is 0 Å². The van der Waals surface area contributed by atoms with Gasteiger partial charge in [-0.05, 0) is 40.9 Å². The fraction of sp³-hybridized carbons (Fsp3) is 0.417. The second-order valence-corrected chi connectivity index (χ2v) is 5.17. The second kappa shape index (κ2) is 5.16. The highest BCUT2D eigenvalue weighted by atomic mass is 79.9. The number of amides is 1.